The maximum atomic E-state index is 12.7. The summed E-state index contributed by atoms with van der Waals surface area (Å²) in [7, 11) is 2.03. The fraction of sp³-hybridized carbons (Fsp3) is 0.536. The summed E-state index contributed by atoms with van der Waals surface area (Å²) in [5, 5.41) is 0. The summed E-state index contributed by atoms with van der Waals surface area (Å²) in [4.78, 5) is 39.4. The first kappa shape index (κ1) is 25.4. The van der Waals surface area contributed by atoms with Gasteiger partial charge in [-0.2, -0.15) is 9.97 Å². The van der Waals surface area contributed by atoms with Gasteiger partial charge in [-0.3, -0.25) is 14.3 Å². The Hall–Kier alpha value is -3.61. The number of piperazine rings is 1. The number of carbonyl (C=O) groups is 1. The van der Waals surface area contributed by atoms with Crippen molar-refractivity contribution in [1.29, 1.82) is 0 Å². The van der Waals surface area contributed by atoms with Gasteiger partial charge in [0.1, 0.15) is 11.6 Å². The number of benzene rings is 1. The highest BCUT2D eigenvalue weighted by atomic mass is 16.5. The normalized spacial score (nSPS) is 19.6. The molecule has 40 heavy (non-hydrogen) atoms. The van der Waals surface area contributed by atoms with Crippen molar-refractivity contribution in [2.45, 2.75) is 38.3 Å². The Morgan fingerprint density at radius 3 is 2.45 bits per heavy atom. The molecule has 0 bridgehead atoms. The van der Waals surface area contributed by atoms with E-state index in [9.17, 15) is 4.79 Å². The van der Waals surface area contributed by atoms with Gasteiger partial charge in [-0.15, -0.1) is 0 Å². The number of morpholine rings is 1. The Bertz CT molecular complexity index is 1570. The van der Waals surface area contributed by atoms with Gasteiger partial charge in [0, 0.05) is 52.7 Å². The quantitative estimate of drug-likeness (QED) is 0.382. The lowest BCUT2D eigenvalue weighted by Gasteiger charge is -2.35. The number of ether oxygens (including phenoxy) is 1. The Balaban J connectivity index is 1.24. The fourth-order valence-electron chi connectivity index (χ4n) is 5.83. The molecule has 0 radical (unpaired) electrons. The van der Waals surface area contributed by atoms with Crippen molar-refractivity contribution in [1.82, 2.24) is 38.9 Å². The molecular weight excluding hydrogens is 508 g/mol. The van der Waals surface area contributed by atoms with Gasteiger partial charge in [0.15, 0.2) is 17.0 Å². The van der Waals surface area contributed by atoms with E-state index in [0.717, 1.165) is 85.1 Å². The molecule has 1 amide bonds. The summed E-state index contributed by atoms with van der Waals surface area (Å²) < 4.78 is 9.81. The van der Waals surface area contributed by atoms with Gasteiger partial charge < -0.3 is 24.8 Å². The highest BCUT2D eigenvalue weighted by Crippen LogP contribution is 2.34. The Morgan fingerprint density at radius 2 is 1.73 bits per heavy atom. The number of nitrogens with two attached hydrogens (primary N) is 1. The molecule has 3 fully saturated rings. The average molecular weight is 545 g/mol. The number of hydrogen-bond donors (Lipinski definition) is 1. The van der Waals surface area contributed by atoms with Crippen LogP contribution in [0.1, 0.15) is 31.4 Å². The minimum atomic E-state index is -0.607. The molecule has 4 aromatic rings. The van der Waals surface area contributed by atoms with Crippen LogP contribution in [-0.4, -0.2) is 103 Å². The number of anilines is 1. The Labute approximate surface area is 232 Å². The number of nitrogens with zero attached hydrogens (tertiary/aromatic N) is 9. The molecule has 2 saturated heterocycles. The van der Waals surface area contributed by atoms with Gasteiger partial charge in [-0.05, 0) is 25.0 Å². The van der Waals surface area contributed by atoms with E-state index in [1.807, 2.05) is 30.1 Å². The molecule has 12 nitrogen and oxygen atoms in total. The van der Waals surface area contributed by atoms with Crippen LogP contribution in [0.5, 0.6) is 0 Å². The highest BCUT2D eigenvalue weighted by Gasteiger charge is 2.48. The first-order valence-electron chi connectivity index (χ1n) is 14.3. The molecule has 7 rings (SSSR count). The van der Waals surface area contributed by atoms with E-state index in [1.165, 1.54) is 0 Å². The van der Waals surface area contributed by atoms with Crippen molar-refractivity contribution in [3.8, 4) is 5.95 Å². The van der Waals surface area contributed by atoms with Crippen molar-refractivity contribution in [3.63, 3.8) is 0 Å². The van der Waals surface area contributed by atoms with E-state index < -0.39 is 5.54 Å². The number of carbonyl (C=O) groups excluding carboxylic acids is 1. The summed E-state index contributed by atoms with van der Waals surface area (Å²) in [6, 6.07) is 8.12. The third-order valence-electron chi connectivity index (χ3n) is 8.48. The van der Waals surface area contributed by atoms with Gasteiger partial charge in [0.25, 0.3) is 0 Å². The highest BCUT2D eigenvalue weighted by molar-refractivity contribution is 5.89. The zero-order valence-corrected chi connectivity index (χ0v) is 23.2. The molecule has 0 spiro atoms. The van der Waals surface area contributed by atoms with E-state index in [0.29, 0.717) is 38.8 Å². The van der Waals surface area contributed by atoms with Gasteiger partial charge in [0.2, 0.25) is 11.9 Å². The SMILES string of the molecule is CCc1nc2ccccc2n1-c1nc(N2CCOCC2)c2nc(CN3CCN(C(=O)C4(N)CC4)CC3)n(C)c2n1. The Kier molecular flexibility index (Phi) is 6.21. The Morgan fingerprint density at radius 1 is 0.975 bits per heavy atom. The third kappa shape index (κ3) is 4.30. The lowest BCUT2D eigenvalue weighted by Crippen LogP contribution is -2.54. The van der Waals surface area contributed by atoms with Crippen molar-refractivity contribution < 1.29 is 9.53 Å². The van der Waals surface area contributed by atoms with Crippen molar-refractivity contribution in [3.05, 3.63) is 35.9 Å². The maximum absolute atomic E-state index is 12.7. The van der Waals surface area contributed by atoms with E-state index in [-0.39, 0.29) is 5.91 Å². The van der Waals surface area contributed by atoms with Gasteiger partial charge in [0.05, 0.1) is 36.3 Å². The molecule has 2 N–H and O–H groups in total. The lowest BCUT2D eigenvalue weighted by atomic mass is 10.2. The lowest BCUT2D eigenvalue weighted by molar-refractivity contribution is -0.135. The van der Waals surface area contributed by atoms with Gasteiger partial charge >= 0.3 is 0 Å². The van der Waals surface area contributed by atoms with Crippen LogP contribution in [0.15, 0.2) is 24.3 Å². The molecule has 210 valence electrons. The smallest absolute Gasteiger partial charge is 0.242 e. The second-order valence-corrected chi connectivity index (χ2v) is 11.1. The van der Waals surface area contributed by atoms with Crippen molar-refractivity contribution >= 4 is 33.9 Å². The molecular formula is C28H36N10O2. The molecule has 3 aromatic heterocycles. The predicted octanol–water partition coefficient (Wildman–Crippen LogP) is 1.24. The molecule has 1 aliphatic carbocycles. The summed E-state index contributed by atoms with van der Waals surface area (Å²) in [6.07, 6.45) is 2.36. The van der Waals surface area contributed by atoms with Crippen LogP contribution >= 0.6 is 0 Å². The van der Waals surface area contributed by atoms with Crippen LogP contribution in [0.4, 0.5) is 5.82 Å². The van der Waals surface area contributed by atoms with Crippen LogP contribution < -0.4 is 10.6 Å². The molecule has 1 saturated carbocycles. The number of hydrogen-bond acceptors (Lipinski definition) is 9. The number of aryl methyl sites for hydroxylation is 2. The second-order valence-electron chi connectivity index (χ2n) is 11.1. The third-order valence-corrected chi connectivity index (χ3v) is 8.48. The molecule has 2 aliphatic heterocycles. The zero-order chi connectivity index (χ0) is 27.4. The van der Waals surface area contributed by atoms with Crippen LogP contribution in [0, 0.1) is 0 Å². The summed E-state index contributed by atoms with van der Waals surface area (Å²) in [5.74, 6) is 3.40. The summed E-state index contributed by atoms with van der Waals surface area (Å²) in [6.45, 7) is 8.56. The number of rotatable bonds is 6. The van der Waals surface area contributed by atoms with Crippen LogP contribution in [0.3, 0.4) is 0 Å². The molecule has 5 heterocycles. The minimum absolute atomic E-state index is 0.103. The van der Waals surface area contributed by atoms with E-state index in [2.05, 4.69) is 31.9 Å². The predicted molar refractivity (Wildman–Crippen MR) is 151 cm³/mol. The van der Waals surface area contributed by atoms with Crippen LogP contribution in [0.25, 0.3) is 28.1 Å². The minimum Gasteiger partial charge on any atom is -0.378 e. The number of fused-ring (bicyclic) bond motifs is 2. The van der Waals surface area contributed by atoms with E-state index >= 15 is 0 Å². The standard InChI is InChI=1S/C28H36N10O2/c1-3-21-30-19-6-4-5-7-20(19)38(21)27-32-24-23(25(33-27)36-14-16-40-17-15-36)31-22(34(24)2)18-35-10-12-37(13-11-35)26(39)28(29)8-9-28/h4-7H,3,8-18,29H2,1-2H3. The number of imidazole rings is 2. The van der Waals surface area contributed by atoms with Gasteiger partial charge in [-0.25, -0.2) is 9.97 Å². The number of aromatic nitrogens is 6. The first-order chi connectivity index (χ1) is 19.4. The fourth-order valence-corrected chi connectivity index (χ4v) is 5.83. The zero-order valence-electron chi connectivity index (χ0n) is 23.2. The second kappa shape index (κ2) is 9.79. The molecule has 12 heteroatoms. The molecule has 1 aromatic carbocycles. The van der Waals surface area contributed by atoms with Crippen molar-refractivity contribution in [2.75, 3.05) is 57.4 Å². The molecule has 0 atom stereocenters. The number of para-hydroxylation sites is 2. The van der Waals surface area contributed by atoms with E-state index in [1.54, 1.807) is 0 Å². The first-order valence-corrected chi connectivity index (χ1v) is 14.3. The number of amides is 1. The maximum Gasteiger partial charge on any atom is 0.242 e. The van der Waals surface area contributed by atoms with Crippen LogP contribution in [0.2, 0.25) is 0 Å². The molecule has 3 aliphatic rings. The van der Waals surface area contributed by atoms with E-state index in [4.69, 9.17) is 30.4 Å². The van der Waals surface area contributed by atoms with Crippen molar-refractivity contribution in [2.24, 2.45) is 12.8 Å². The van der Waals surface area contributed by atoms with Crippen LogP contribution in [-0.2, 0) is 29.5 Å². The molecule has 0 unspecified atom stereocenters. The summed E-state index contributed by atoms with van der Waals surface area (Å²) >= 11 is 0. The average Bonchev–Trinajstić information content (AvgIpc) is 3.52. The largest absolute Gasteiger partial charge is 0.378 e. The monoisotopic (exact) mass is 544 g/mol. The summed E-state index contributed by atoms with van der Waals surface area (Å²) in [5.41, 5.74) is 9.09. The van der Waals surface area contributed by atoms with Gasteiger partial charge in [-0.1, -0.05) is 19.1 Å². The topological polar surface area (TPSA) is 123 Å².